The maximum Gasteiger partial charge on any atom is 0.292 e. The third kappa shape index (κ3) is 3.12. The fraction of sp³-hybridized carbons (Fsp3) is 0.150. The standard InChI is InChI=1S/C20H16N4O5/c1-21-15-5-2-11(9-17(15)24(28)29)8-12-6-7-23-18(12)22-16-10-13(20(26)27)3-4-14(16)19(23)25/h2-5,8-10,21H,6-7H2,1H3,(H,26,27)/p-1/b12-8+. The first-order chi connectivity index (χ1) is 13.9. The van der Waals surface area contributed by atoms with Gasteiger partial charge in [-0.3, -0.25) is 19.5 Å². The van der Waals surface area contributed by atoms with Crippen molar-refractivity contribution in [3.8, 4) is 0 Å². The van der Waals surface area contributed by atoms with Gasteiger partial charge in [-0.05, 0) is 47.4 Å². The van der Waals surface area contributed by atoms with Gasteiger partial charge in [0.1, 0.15) is 11.5 Å². The summed E-state index contributed by atoms with van der Waals surface area (Å²) in [6.07, 6.45) is 2.29. The van der Waals surface area contributed by atoms with Gasteiger partial charge in [-0.2, -0.15) is 0 Å². The average Bonchev–Trinajstić information content (AvgIpc) is 3.10. The number of fused-ring (bicyclic) bond motifs is 2. The number of hydrogen-bond acceptors (Lipinski definition) is 7. The van der Waals surface area contributed by atoms with Gasteiger partial charge in [0.25, 0.3) is 11.2 Å². The molecule has 2 heterocycles. The molecule has 3 aromatic rings. The molecule has 0 bridgehead atoms. The van der Waals surface area contributed by atoms with Crippen LogP contribution >= 0.6 is 0 Å². The molecular formula is C20H15N4O5-. The minimum Gasteiger partial charge on any atom is -0.545 e. The van der Waals surface area contributed by atoms with E-state index in [1.54, 1.807) is 25.3 Å². The molecule has 1 aromatic heterocycles. The number of carbonyl (C=O) groups is 1. The van der Waals surface area contributed by atoms with E-state index in [-0.39, 0.29) is 22.3 Å². The summed E-state index contributed by atoms with van der Waals surface area (Å²) >= 11 is 0. The first-order valence-electron chi connectivity index (χ1n) is 8.82. The smallest absolute Gasteiger partial charge is 0.292 e. The SMILES string of the molecule is CNc1ccc(/C=C2\CCn3c2nc2cc(C(=O)[O-])ccc2c3=O)cc1[N+](=O)[O-]. The lowest BCUT2D eigenvalue weighted by Gasteiger charge is -2.08. The Kier molecular flexibility index (Phi) is 4.34. The van der Waals surface area contributed by atoms with Crippen LogP contribution in [0.2, 0.25) is 0 Å². The summed E-state index contributed by atoms with van der Waals surface area (Å²) in [6, 6.07) is 8.88. The number of nitro groups is 1. The van der Waals surface area contributed by atoms with Gasteiger partial charge >= 0.3 is 0 Å². The van der Waals surface area contributed by atoms with E-state index in [1.807, 2.05) is 0 Å². The van der Waals surface area contributed by atoms with E-state index < -0.39 is 10.9 Å². The maximum atomic E-state index is 12.8. The number of allylic oxidation sites excluding steroid dienone is 1. The molecule has 0 aliphatic carbocycles. The van der Waals surface area contributed by atoms with Crippen LogP contribution in [-0.4, -0.2) is 27.5 Å². The molecule has 1 aliphatic heterocycles. The number of aromatic carboxylic acids is 1. The van der Waals surface area contributed by atoms with E-state index >= 15 is 0 Å². The fourth-order valence-corrected chi connectivity index (χ4v) is 3.48. The van der Waals surface area contributed by atoms with E-state index in [2.05, 4.69) is 10.3 Å². The third-order valence-electron chi connectivity index (χ3n) is 4.91. The summed E-state index contributed by atoms with van der Waals surface area (Å²) < 4.78 is 1.53. The fourth-order valence-electron chi connectivity index (χ4n) is 3.48. The normalized spacial score (nSPS) is 14.2. The van der Waals surface area contributed by atoms with Crippen LogP contribution < -0.4 is 16.0 Å². The van der Waals surface area contributed by atoms with Crippen molar-refractivity contribution in [1.82, 2.24) is 9.55 Å². The predicted octanol–water partition coefficient (Wildman–Crippen LogP) is 1.65. The van der Waals surface area contributed by atoms with Crippen molar-refractivity contribution >= 4 is 39.9 Å². The molecule has 0 atom stereocenters. The lowest BCUT2D eigenvalue weighted by Crippen LogP contribution is -2.23. The highest BCUT2D eigenvalue weighted by atomic mass is 16.6. The third-order valence-corrected chi connectivity index (χ3v) is 4.91. The number of rotatable bonds is 4. The number of aromatic nitrogens is 2. The molecule has 2 aromatic carbocycles. The van der Waals surface area contributed by atoms with Gasteiger partial charge in [0, 0.05) is 19.7 Å². The molecule has 0 unspecified atom stereocenters. The van der Waals surface area contributed by atoms with Crippen LogP contribution in [0.1, 0.15) is 28.2 Å². The number of carboxylic acids is 1. The highest BCUT2D eigenvalue weighted by Crippen LogP contribution is 2.30. The van der Waals surface area contributed by atoms with E-state index in [1.165, 1.54) is 28.8 Å². The molecule has 0 amide bonds. The van der Waals surface area contributed by atoms with Gasteiger partial charge in [-0.15, -0.1) is 0 Å². The van der Waals surface area contributed by atoms with Crippen molar-refractivity contribution in [2.75, 3.05) is 12.4 Å². The Bertz CT molecular complexity index is 1280. The van der Waals surface area contributed by atoms with Crippen LogP contribution in [0.15, 0.2) is 41.2 Å². The summed E-state index contributed by atoms with van der Waals surface area (Å²) in [4.78, 5) is 39.2. The molecule has 9 nitrogen and oxygen atoms in total. The summed E-state index contributed by atoms with van der Waals surface area (Å²) in [7, 11) is 1.61. The van der Waals surface area contributed by atoms with Crippen LogP contribution in [-0.2, 0) is 6.54 Å². The van der Waals surface area contributed by atoms with Crippen LogP contribution in [0.5, 0.6) is 0 Å². The lowest BCUT2D eigenvalue weighted by atomic mass is 10.1. The zero-order valence-electron chi connectivity index (χ0n) is 15.3. The molecule has 0 radical (unpaired) electrons. The zero-order chi connectivity index (χ0) is 20.7. The second-order valence-corrected chi connectivity index (χ2v) is 6.61. The minimum absolute atomic E-state index is 0.0534. The van der Waals surface area contributed by atoms with Crippen molar-refractivity contribution in [3.63, 3.8) is 0 Å². The van der Waals surface area contributed by atoms with Crippen LogP contribution in [0.25, 0.3) is 22.6 Å². The van der Waals surface area contributed by atoms with Crippen molar-refractivity contribution in [2.45, 2.75) is 13.0 Å². The van der Waals surface area contributed by atoms with Crippen molar-refractivity contribution in [2.24, 2.45) is 0 Å². The lowest BCUT2D eigenvalue weighted by molar-refractivity contribution is -0.384. The molecule has 1 aliphatic rings. The Morgan fingerprint density at radius 3 is 2.76 bits per heavy atom. The summed E-state index contributed by atoms with van der Waals surface area (Å²) in [5.74, 6) is -0.916. The number of nitrogens with one attached hydrogen (secondary N) is 1. The number of hydrogen-bond donors (Lipinski definition) is 1. The number of carbonyl (C=O) groups excluding carboxylic acids is 1. The Hall–Kier alpha value is -4.01. The zero-order valence-corrected chi connectivity index (χ0v) is 15.3. The second kappa shape index (κ2) is 6.86. The monoisotopic (exact) mass is 391 g/mol. The van der Waals surface area contributed by atoms with Gasteiger partial charge in [0.05, 0.1) is 21.8 Å². The van der Waals surface area contributed by atoms with Crippen molar-refractivity contribution < 1.29 is 14.8 Å². The highest BCUT2D eigenvalue weighted by Gasteiger charge is 2.22. The van der Waals surface area contributed by atoms with Crippen LogP contribution in [0.4, 0.5) is 11.4 Å². The molecule has 1 N–H and O–H groups in total. The molecule has 0 saturated heterocycles. The van der Waals surface area contributed by atoms with Gasteiger partial charge in [0.15, 0.2) is 0 Å². The van der Waals surface area contributed by atoms with E-state index in [0.29, 0.717) is 35.4 Å². The van der Waals surface area contributed by atoms with Crippen LogP contribution in [0.3, 0.4) is 0 Å². The van der Waals surface area contributed by atoms with Crippen molar-refractivity contribution in [3.05, 3.63) is 73.8 Å². The first kappa shape index (κ1) is 18.4. The Morgan fingerprint density at radius 2 is 2.07 bits per heavy atom. The molecule has 29 heavy (non-hydrogen) atoms. The molecule has 4 rings (SSSR count). The van der Waals surface area contributed by atoms with E-state index in [9.17, 15) is 24.8 Å². The molecular weight excluding hydrogens is 376 g/mol. The predicted molar refractivity (Wildman–Crippen MR) is 105 cm³/mol. The number of anilines is 1. The Labute approximate surface area is 164 Å². The van der Waals surface area contributed by atoms with Crippen molar-refractivity contribution in [1.29, 1.82) is 0 Å². The highest BCUT2D eigenvalue weighted by molar-refractivity contribution is 5.92. The number of nitrogens with zero attached hydrogens (tertiary/aromatic N) is 3. The number of benzene rings is 2. The summed E-state index contributed by atoms with van der Waals surface area (Å²) in [5, 5.41) is 25.5. The Morgan fingerprint density at radius 1 is 1.28 bits per heavy atom. The topological polar surface area (TPSA) is 130 Å². The van der Waals surface area contributed by atoms with Gasteiger partial charge in [-0.25, -0.2) is 4.98 Å². The minimum atomic E-state index is -1.35. The summed E-state index contributed by atoms with van der Waals surface area (Å²) in [5.41, 5.74) is 1.66. The molecule has 0 saturated carbocycles. The molecule has 146 valence electrons. The Balaban J connectivity index is 1.85. The van der Waals surface area contributed by atoms with E-state index in [0.717, 1.165) is 5.57 Å². The molecule has 0 spiro atoms. The van der Waals surface area contributed by atoms with Gasteiger partial charge in [-0.1, -0.05) is 12.1 Å². The maximum absolute atomic E-state index is 12.8. The van der Waals surface area contributed by atoms with Gasteiger partial charge in [0.2, 0.25) is 0 Å². The molecule has 9 heteroatoms. The van der Waals surface area contributed by atoms with E-state index in [4.69, 9.17) is 0 Å². The average molecular weight is 391 g/mol. The summed E-state index contributed by atoms with van der Waals surface area (Å²) in [6.45, 7) is 0.432. The molecule has 0 fully saturated rings. The van der Waals surface area contributed by atoms with Gasteiger partial charge < -0.3 is 15.2 Å². The second-order valence-electron chi connectivity index (χ2n) is 6.61. The first-order valence-corrected chi connectivity index (χ1v) is 8.82. The quantitative estimate of drug-likeness (QED) is 0.528. The largest absolute Gasteiger partial charge is 0.545 e. The number of nitro benzene ring substituents is 1. The van der Waals surface area contributed by atoms with Crippen LogP contribution in [0, 0.1) is 10.1 Å². The number of carboxylic acid groups (broad SMARTS) is 1.